The van der Waals surface area contributed by atoms with Crippen LogP contribution in [0.25, 0.3) is 11.1 Å². The van der Waals surface area contributed by atoms with Crippen molar-refractivity contribution < 1.29 is 23.2 Å². The van der Waals surface area contributed by atoms with Crippen molar-refractivity contribution in [2.45, 2.75) is 26.4 Å². The van der Waals surface area contributed by atoms with Crippen LogP contribution in [0.15, 0.2) is 36.4 Å². The molecule has 6 nitrogen and oxygen atoms in total. The van der Waals surface area contributed by atoms with Crippen molar-refractivity contribution in [3.8, 4) is 11.1 Å². The third-order valence-electron chi connectivity index (χ3n) is 3.09. The number of nitro benzene ring substituents is 1. The molecule has 0 aliphatic rings. The van der Waals surface area contributed by atoms with Crippen LogP contribution in [-0.2, 0) is 4.74 Å². The fraction of sp³-hybridized carbons (Fsp3) is 0.235. The second-order valence-corrected chi connectivity index (χ2v) is 6.22. The molecule has 0 aliphatic heterocycles. The molecule has 0 aliphatic carbocycles. The Morgan fingerprint density at radius 1 is 1.20 bits per heavy atom. The number of carbonyl (C=O) groups is 1. The van der Waals surface area contributed by atoms with Crippen LogP contribution in [-0.4, -0.2) is 16.6 Å². The van der Waals surface area contributed by atoms with E-state index in [1.165, 1.54) is 24.3 Å². The number of ether oxygens (including phenoxy) is 1. The van der Waals surface area contributed by atoms with E-state index < -0.39 is 33.9 Å². The van der Waals surface area contributed by atoms with Gasteiger partial charge in [-0.25, -0.2) is 13.6 Å². The summed E-state index contributed by atoms with van der Waals surface area (Å²) in [5, 5.41) is 13.6. The van der Waals surface area contributed by atoms with Crippen LogP contribution < -0.4 is 5.32 Å². The van der Waals surface area contributed by atoms with Crippen LogP contribution in [0, 0.1) is 21.7 Å². The number of amides is 1. The van der Waals surface area contributed by atoms with E-state index in [-0.39, 0.29) is 16.8 Å². The third kappa shape index (κ3) is 4.50. The van der Waals surface area contributed by atoms with Crippen molar-refractivity contribution in [3.05, 3.63) is 58.1 Å². The Morgan fingerprint density at radius 3 is 2.48 bits per heavy atom. The molecule has 0 fully saturated rings. The molecule has 1 amide bonds. The Kier molecular flexibility index (Phi) is 5.01. The second kappa shape index (κ2) is 6.84. The molecule has 0 radical (unpaired) electrons. The predicted octanol–water partition coefficient (Wildman–Crippen LogP) is 4.89. The maximum Gasteiger partial charge on any atom is 0.412 e. The van der Waals surface area contributed by atoms with Gasteiger partial charge in [0.05, 0.1) is 4.92 Å². The lowest BCUT2D eigenvalue weighted by Gasteiger charge is -2.19. The first-order chi connectivity index (χ1) is 11.6. The fourth-order valence-corrected chi connectivity index (χ4v) is 2.10. The fourth-order valence-electron chi connectivity index (χ4n) is 2.10. The van der Waals surface area contributed by atoms with Gasteiger partial charge in [-0.15, -0.1) is 0 Å². The van der Waals surface area contributed by atoms with Gasteiger partial charge >= 0.3 is 6.09 Å². The lowest BCUT2D eigenvalue weighted by molar-refractivity contribution is -0.383. The van der Waals surface area contributed by atoms with Gasteiger partial charge in [-0.1, -0.05) is 18.2 Å². The Labute approximate surface area is 142 Å². The van der Waals surface area contributed by atoms with Crippen LogP contribution in [0.2, 0.25) is 0 Å². The molecule has 0 aromatic heterocycles. The molecular formula is C17H16F2N2O4. The first-order valence-corrected chi connectivity index (χ1v) is 7.31. The average Bonchev–Trinajstić information content (AvgIpc) is 2.48. The van der Waals surface area contributed by atoms with Crippen molar-refractivity contribution >= 4 is 17.5 Å². The zero-order valence-corrected chi connectivity index (χ0v) is 13.8. The van der Waals surface area contributed by atoms with Gasteiger partial charge in [0.1, 0.15) is 11.3 Å². The lowest BCUT2D eigenvalue weighted by Crippen LogP contribution is -2.27. The standard InChI is InChI=1S/C17H16F2N2O4/c1-17(2,3)25-16(22)20-13-8-7-10(9-14(13)21(23)24)11-5-4-6-12(18)15(11)19/h4-9H,1-3H3,(H,20,22). The second-order valence-electron chi connectivity index (χ2n) is 6.22. The summed E-state index contributed by atoms with van der Waals surface area (Å²) in [6, 6.07) is 7.19. The molecule has 1 N–H and O–H groups in total. The number of nitrogens with zero attached hydrogens (tertiary/aromatic N) is 1. The first kappa shape index (κ1) is 18.3. The number of nitrogens with one attached hydrogen (secondary N) is 1. The molecule has 2 aromatic carbocycles. The minimum atomic E-state index is -1.11. The highest BCUT2D eigenvalue weighted by atomic mass is 19.2. The summed E-state index contributed by atoms with van der Waals surface area (Å²) in [6.07, 6.45) is -0.861. The number of rotatable bonds is 3. The minimum absolute atomic E-state index is 0.110. The summed E-state index contributed by atoms with van der Waals surface area (Å²) in [6.45, 7) is 4.95. The van der Waals surface area contributed by atoms with Crippen molar-refractivity contribution in [1.82, 2.24) is 0 Å². The molecule has 0 bridgehead atoms. The summed E-state index contributed by atoms with van der Waals surface area (Å²) < 4.78 is 32.3. The molecule has 8 heteroatoms. The van der Waals surface area contributed by atoms with Gasteiger partial charge in [0.15, 0.2) is 11.6 Å². The van der Waals surface area contributed by atoms with Gasteiger partial charge in [-0.3, -0.25) is 15.4 Å². The summed E-state index contributed by atoms with van der Waals surface area (Å²) in [7, 11) is 0. The van der Waals surface area contributed by atoms with E-state index >= 15 is 0 Å². The molecule has 0 atom stereocenters. The quantitative estimate of drug-likeness (QED) is 0.631. The Morgan fingerprint density at radius 2 is 1.88 bits per heavy atom. The molecular weight excluding hydrogens is 334 g/mol. The van der Waals surface area contributed by atoms with Gasteiger partial charge in [-0.05, 0) is 38.5 Å². The number of carbonyl (C=O) groups excluding carboxylic acids is 1. The van der Waals surface area contributed by atoms with Gasteiger partial charge in [0.2, 0.25) is 0 Å². The van der Waals surface area contributed by atoms with Crippen LogP contribution in [0.4, 0.5) is 25.0 Å². The molecule has 0 saturated carbocycles. The molecule has 132 valence electrons. The van der Waals surface area contributed by atoms with Crippen molar-refractivity contribution in [3.63, 3.8) is 0 Å². The molecule has 0 spiro atoms. The van der Waals surface area contributed by atoms with E-state index in [2.05, 4.69) is 5.32 Å². The van der Waals surface area contributed by atoms with E-state index in [1.807, 2.05) is 0 Å². The molecule has 0 saturated heterocycles. The summed E-state index contributed by atoms with van der Waals surface area (Å²) in [4.78, 5) is 22.3. The molecule has 0 unspecified atom stereocenters. The van der Waals surface area contributed by atoms with Crippen molar-refractivity contribution in [2.24, 2.45) is 0 Å². The highest BCUT2D eigenvalue weighted by Crippen LogP contribution is 2.32. The number of hydrogen-bond donors (Lipinski definition) is 1. The lowest BCUT2D eigenvalue weighted by atomic mass is 10.0. The number of halogens is 2. The van der Waals surface area contributed by atoms with Crippen LogP contribution in [0.3, 0.4) is 0 Å². The predicted molar refractivity (Wildman–Crippen MR) is 88.3 cm³/mol. The number of benzene rings is 2. The first-order valence-electron chi connectivity index (χ1n) is 7.31. The van der Waals surface area contributed by atoms with Gasteiger partial charge in [0.25, 0.3) is 5.69 Å². The number of anilines is 1. The van der Waals surface area contributed by atoms with Crippen molar-refractivity contribution in [2.75, 3.05) is 5.32 Å². The van der Waals surface area contributed by atoms with E-state index in [0.717, 1.165) is 12.1 Å². The van der Waals surface area contributed by atoms with E-state index in [0.29, 0.717) is 0 Å². The van der Waals surface area contributed by atoms with Crippen LogP contribution >= 0.6 is 0 Å². The highest BCUT2D eigenvalue weighted by Gasteiger charge is 2.22. The Balaban J connectivity index is 2.40. The van der Waals surface area contributed by atoms with Crippen LogP contribution in [0.1, 0.15) is 20.8 Å². The van der Waals surface area contributed by atoms with Gasteiger partial charge < -0.3 is 4.74 Å². The average molecular weight is 350 g/mol. The maximum absolute atomic E-state index is 13.9. The summed E-state index contributed by atoms with van der Waals surface area (Å²) in [5.74, 6) is -2.17. The SMILES string of the molecule is CC(C)(C)OC(=O)Nc1ccc(-c2cccc(F)c2F)cc1[N+](=O)[O-]. The van der Waals surface area contributed by atoms with Gasteiger partial charge in [-0.2, -0.15) is 0 Å². The third-order valence-corrected chi connectivity index (χ3v) is 3.09. The zero-order valence-electron chi connectivity index (χ0n) is 13.8. The van der Waals surface area contributed by atoms with E-state index in [9.17, 15) is 23.7 Å². The number of hydrogen-bond acceptors (Lipinski definition) is 4. The highest BCUT2D eigenvalue weighted by molar-refractivity contribution is 5.89. The molecule has 0 heterocycles. The van der Waals surface area contributed by atoms with E-state index in [1.54, 1.807) is 20.8 Å². The van der Waals surface area contributed by atoms with Gasteiger partial charge in [0, 0.05) is 11.6 Å². The molecule has 2 aromatic rings. The summed E-state index contributed by atoms with van der Waals surface area (Å²) in [5.41, 5.74) is -1.36. The van der Waals surface area contributed by atoms with E-state index in [4.69, 9.17) is 4.74 Å². The molecule has 2 rings (SSSR count). The Bertz CT molecular complexity index is 832. The largest absolute Gasteiger partial charge is 0.444 e. The zero-order chi connectivity index (χ0) is 18.8. The smallest absolute Gasteiger partial charge is 0.412 e. The summed E-state index contributed by atoms with van der Waals surface area (Å²) >= 11 is 0. The maximum atomic E-state index is 13.9. The van der Waals surface area contributed by atoms with Crippen LogP contribution in [0.5, 0.6) is 0 Å². The normalized spacial score (nSPS) is 11.1. The Hall–Kier alpha value is -3.03. The van der Waals surface area contributed by atoms with Crippen molar-refractivity contribution in [1.29, 1.82) is 0 Å². The molecule has 25 heavy (non-hydrogen) atoms. The minimum Gasteiger partial charge on any atom is -0.444 e. The number of nitro groups is 1. The monoisotopic (exact) mass is 350 g/mol. The topological polar surface area (TPSA) is 81.5 Å².